The fourth-order valence-electron chi connectivity index (χ4n) is 1.93. The van der Waals surface area contributed by atoms with E-state index in [9.17, 15) is 9.59 Å². The Morgan fingerprint density at radius 2 is 1.62 bits per heavy atom. The lowest BCUT2D eigenvalue weighted by Crippen LogP contribution is -2.52. The molecule has 2 unspecified atom stereocenters. The Bertz CT molecular complexity index is 331. The van der Waals surface area contributed by atoms with Gasteiger partial charge >= 0.3 is 0 Å². The van der Waals surface area contributed by atoms with E-state index in [-0.39, 0.29) is 17.2 Å². The molecule has 2 atom stereocenters. The minimum atomic E-state index is -0.508. The van der Waals surface area contributed by atoms with Crippen LogP contribution >= 0.6 is 11.8 Å². The lowest BCUT2D eigenvalue weighted by molar-refractivity contribution is -0.133. The van der Waals surface area contributed by atoms with Gasteiger partial charge in [0.2, 0.25) is 11.8 Å². The smallest absolute Gasteiger partial charge is 0.248 e. The van der Waals surface area contributed by atoms with Gasteiger partial charge < -0.3 is 10.2 Å². The van der Waals surface area contributed by atoms with Crippen LogP contribution in [0.2, 0.25) is 0 Å². The summed E-state index contributed by atoms with van der Waals surface area (Å²) in [6.45, 7) is 10.1. The summed E-state index contributed by atoms with van der Waals surface area (Å²) in [5.41, 5.74) is 0. The molecule has 2 amide bonds. The summed E-state index contributed by atoms with van der Waals surface area (Å²) in [5, 5.41) is 6.20. The van der Waals surface area contributed by atoms with Gasteiger partial charge in [0.05, 0.1) is 0 Å². The zero-order valence-electron chi connectivity index (χ0n) is 14.4. The summed E-state index contributed by atoms with van der Waals surface area (Å²) < 4.78 is 0. The first kappa shape index (κ1) is 20.2. The van der Waals surface area contributed by atoms with Gasteiger partial charge in [0.25, 0.3) is 0 Å². The van der Waals surface area contributed by atoms with E-state index in [1.165, 1.54) is 4.90 Å². The molecule has 124 valence electrons. The standard InChI is InChI=1S/C15H31N3O2S/c1-8-12(9-2)17-14(21-10(3)4)13(19)16-11(5)15(20)18(6)7/h10-12,14,17H,8-9H2,1-7H3,(H,16,19). The molecule has 0 saturated heterocycles. The second-order valence-corrected chi connectivity index (χ2v) is 7.39. The van der Waals surface area contributed by atoms with E-state index in [1.807, 2.05) is 0 Å². The summed E-state index contributed by atoms with van der Waals surface area (Å²) in [5.74, 6) is -0.220. The largest absolute Gasteiger partial charge is 0.347 e. The normalized spacial score (nSPS) is 14.1. The van der Waals surface area contributed by atoms with Crippen molar-refractivity contribution < 1.29 is 9.59 Å². The van der Waals surface area contributed by atoms with Crippen LogP contribution in [0.5, 0.6) is 0 Å². The number of rotatable bonds is 9. The van der Waals surface area contributed by atoms with E-state index in [0.29, 0.717) is 11.3 Å². The van der Waals surface area contributed by atoms with Crippen molar-refractivity contribution in [2.45, 2.75) is 70.2 Å². The number of likely N-dealkylation sites (N-methyl/N-ethyl adjacent to an activating group) is 1. The third kappa shape index (κ3) is 7.71. The van der Waals surface area contributed by atoms with Gasteiger partial charge in [-0.3, -0.25) is 14.9 Å². The number of carbonyl (C=O) groups excluding carboxylic acids is 2. The van der Waals surface area contributed by atoms with Crippen LogP contribution in [0.3, 0.4) is 0 Å². The number of carbonyl (C=O) groups is 2. The molecule has 0 radical (unpaired) electrons. The third-order valence-electron chi connectivity index (χ3n) is 3.19. The quantitative estimate of drug-likeness (QED) is 0.637. The Kier molecular flexibility index (Phi) is 9.70. The van der Waals surface area contributed by atoms with Crippen molar-refractivity contribution in [3.8, 4) is 0 Å². The molecule has 0 bridgehead atoms. The maximum atomic E-state index is 12.4. The Morgan fingerprint density at radius 3 is 2.00 bits per heavy atom. The first-order valence-corrected chi connectivity index (χ1v) is 8.60. The highest BCUT2D eigenvalue weighted by Gasteiger charge is 2.26. The summed E-state index contributed by atoms with van der Waals surface area (Å²) >= 11 is 1.58. The Hall–Kier alpha value is -0.750. The van der Waals surface area contributed by atoms with Gasteiger partial charge in [-0.1, -0.05) is 27.7 Å². The second kappa shape index (κ2) is 10.1. The molecular weight excluding hydrogens is 286 g/mol. The van der Waals surface area contributed by atoms with Crippen LogP contribution in [0.15, 0.2) is 0 Å². The van der Waals surface area contributed by atoms with Crippen molar-refractivity contribution in [1.82, 2.24) is 15.5 Å². The highest BCUT2D eigenvalue weighted by atomic mass is 32.2. The molecule has 5 nitrogen and oxygen atoms in total. The molecule has 0 aromatic heterocycles. The molecule has 0 saturated carbocycles. The molecule has 0 aliphatic rings. The van der Waals surface area contributed by atoms with E-state index in [1.54, 1.807) is 32.8 Å². The van der Waals surface area contributed by atoms with Gasteiger partial charge in [0, 0.05) is 25.4 Å². The van der Waals surface area contributed by atoms with E-state index in [4.69, 9.17) is 0 Å². The van der Waals surface area contributed by atoms with E-state index in [0.717, 1.165) is 12.8 Å². The van der Waals surface area contributed by atoms with E-state index >= 15 is 0 Å². The predicted octanol–water partition coefficient (Wildman–Crippen LogP) is 1.83. The number of thioether (sulfide) groups is 1. The molecule has 0 aliphatic carbocycles. The predicted molar refractivity (Wildman–Crippen MR) is 90.3 cm³/mol. The zero-order chi connectivity index (χ0) is 16.6. The fraction of sp³-hybridized carbons (Fsp3) is 0.867. The Balaban J connectivity index is 4.75. The molecule has 0 fully saturated rings. The van der Waals surface area contributed by atoms with Crippen molar-refractivity contribution >= 4 is 23.6 Å². The van der Waals surface area contributed by atoms with Gasteiger partial charge in [-0.2, -0.15) is 0 Å². The van der Waals surface area contributed by atoms with Crippen LogP contribution in [-0.2, 0) is 9.59 Å². The van der Waals surface area contributed by atoms with Crippen LogP contribution in [-0.4, -0.2) is 53.5 Å². The van der Waals surface area contributed by atoms with Crippen LogP contribution in [0.1, 0.15) is 47.5 Å². The number of hydrogen-bond acceptors (Lipinski definition) is 4. The molecule has 0 aliphatic heterocycles. The maximum absolute atomic E-state index is 12.4. The first-order chi connectivity index (χ1) is 9.72. The van der Waals surface area contributed by atoms with Crippen molar-refractivity contribution in [3.63, 3.8) is 0 Å². The monoisotopic (exact) mass is 317 g/mol. The average molecular weight is 317 g/mol. The van der Waals surface area contributed by atoms with E-state index in [2.05, 4.69) is 38.3 Å². The molecule has 21 heavy (non-hydrogen) atoms. The van der Waals surface area contributed by atoms with Crippen LogP contribution in [0.4, 0.5) is 0 Å². The number of nitrogens with zero attached hydrogens (tertiary/aromatic N) is 1. The van der Waals surface area contributed by atoms with Crippen molar-refractivity contribution in [3.05, 3.63) is 0 Å². The van der Waals surface area contributed by atoms with Crippen molar-refractivity contribution in [1.29, 1.82) is 0 Å². The van der Waals surface area contributed by atoms with Gasteiger partial charge in [-0.05, 0) is 19.8 Å². The Morgan fingerprint density at radius 1 is 1.10 bits per heavy atom. The number of nitrogens with one attached hydrogen (secondary N) is 2. The molecule has 0 spiro atoms. The summed E-state index contributed by atoms with van der Waals surface area (Å²) in [6, 6.07) is -0.196. The first-order valence-electron chi connectivity index (χ1n) is 7.65. The van der Waals surface area contributed by atoms with Gasteiger partial charge in [0.1, 0.15) is 11.4 Å². The second-order valence-electron chi connectivity index (χ2n) is 5.71. The molecule has 0 heterocycles. The molecule has 0 aromatic rings. The SMILES string of the molecule is CCC(CC)NC(SC(C)C)C(=O)NC(C)C(=O)N(C)C. The zero-order valence-corrected chi connectivity index (χ0v) is 15.2. The number of hydrogen-bond donors (Lipinski definition) is 2. The molecular formula is C15H31N3O2S. The highest BCUT2D eigenvalue weighted by molar-refractivity contribution is 8.01. The lowest BCUT2D eigenvalue weighted by atomic mass is 10.2. The molecule has 6 heteroatoms. The average Bonchev–Trinajstić information content (AvgIpc) is 2.41. The molecule has 0 aromatic carbocycles. The van der Waals surface area contributed by atoms with Gasteiger partial charge in [-0.25, -0.2) is 0 Å². The van der Waals surface area contributed by atoms with Gasteiger partial charge in [0.15, 0.2) is 0 Å². The summed E-state index contributed by atoms with van der Waals surface area (Å²) in [7, 11) is 3.38. The fourth-order valence-corrected chi connectivity index (χ4v) is 2.93. The van der Waals surface area contributed by atoms with Crippen LogP contribution in [0.25, 0.3) is 0 Å². The summed E-state index contributed by atoms with van der Waals surface area (Å²) in [4.78, 5) is 25.7. The van der Waals surface area contributed by atoms with E-state index < -0.39 is 6.04 Å². The highest BCUT2D eigenvalue weighted by Crippen LogP contribution is 2.17. The van der Waals surface area contributed by atoms with Crippen LogP contribution < -0.4 is 10.6 Å². The maximum Gasteiger partial charge on any atom is 0.248 e. The Labute approximate surface area is 133 Å². The third-order valence-corrected chi connectivity index (χ3v) is 4.36. The van der Waals surface area contributed by atoms with Crippen molar-refractivity contribution in [2.75, 3.05) is 14.1 Å². The van der Waals surface area contributed by atoms with Gasteiger partial charge in [-0.15, -0.1) is 11.8 Å². The number of amides is 2. The molecule has 0 rings (SSSR count). The van der Waals surface area contributed by atoms with Crippen LogP contribution in [0, 0.1) is 0 Å². The minimum Gasteiger partial charge on any atom is -0.347 e. The lowest BCUT2D eigenvalue weighted by Gasteiger charge is -2.26. The minimum absolute atomic E-state index is 0.0980. The van der Waals surface area contributed by atoms with Crippen molar-refractivity contribution in [2.24, 2.45) is 0 Å². The topological polar surface area (TPSA) is 61.4 Å². The molecule has 2 N–H and O–H groups in total. The summed E-state index contributed by atoms with van der Waals surface area (Å²) in [6.07, 6.45) is 1.95.